The van der Waals surface area contributed by atoms with Crippen molar-refractivity contribution >= 4 is 17.4 Å². The Hall–Kier alpha value is -3.42. The summed E-state index contributed by atoms with van der Waals surface area (Å²) in [5.41, 5.74) is 0.593. The second kappa shape index (κ2) is 6.83. The summed E-state index contributed by atoms with van der Waals surface area (Å²) in [7, 11) is 0. The van der Waals surface area contributed by atoms with Crippen molar-refractivity contribution in [2.24, 2.45) is 0 Å². The Bertz CT molecular complexity index is 889. The van der Waals surface area contributed by atoms with Gasteiger partial charge in [0.2, 0.25) is 12.6 Å². The molecule has 0 aromatic heterocycles. The van der Waals surface area contributed by atoms with Crippen LogP contribution >= 0.6 is 0 Å². The van der Waals surface area contributed by atoms with Crippen molar-refractivity contribution in [3.8, 4) is 11.5 Å². The van der Waals surface area contributed by atoms with Gasteiger partial charge in [0.15, 0.2) is 17.6 Å². The van der Waals surface area contributed by atoms with E-state index in [4.69, 9.17) is 14.2 Å². The van der Waals surface area contributed by atoms with Gasteiger partial charge in [-0.2, -0.15) is 0 Å². The van der Waals surface area contributed by atoms with E-state index in [9.17, 15) is 19.7 Å². The lowest BCUT2D eigenvalue weighted by Gasteiger charge is -2.13. The van der Waals surface area contributed by atoms with Gasteiger partial charge in [-0.3, -0.25) is 14.9 Å². The first-order valence-corrected chi connectivity index (χ1v) is 7.76. The predicted molar refractivity (Wildman–Crippen MR) is 89.6 cm³/mol. The third kappa shape index (κ3) is 3.34. The number of Topliss-reactive ketones (excluding diaryl/α,β-unsaturated/α-hetero) is 1. The molecule has 3 rings (SSSR count). The van der Waals surface area contributed by atoms with Crippen molar-refractivity contribution in [2.75, 3.05) is 6.79 Å². The zero-order valence-electron chi connectivity index (χ0n) is 14.1. The Morgan fingerprint density at radius 1 is 1.15 bits per heavy atom. The molecule has 8 nitrogen and oxygen atoms in total. The molecule has 0 fully saturated rings. The van der Waals surface area contributed by atoms with Crippen LogP contribution in [-0.2, 0) is 4.74 Å². The lowest BCUT2D eigenvalue weighted by molar-refractivity contribution is -0.385. The Balaban J connectivity index is 1.82. The van der Waals surface area contributed by atoms with Crippen LogP contribution in [-0.4, -0.2) is 29.6 Å². The second-order valence-corrected chi connectivity index (χ2v) is 5.76. The number of carbonyl (C=O) groups is 2. The molecule has 1 aliphatic rings. The van der Waals surface area contributed by atoms with Gasteiger partial charge < -0.3 is 14.2 Å². The highest BCUT2D eigenvalue weighted by atomic mass is 16.7. The van der Waals surface area contributed by atoms with Crippen LogP contribution in [0.3, 0.4) is 0 Å². The molecule has 0 aliphatic carbocycles. The highest BCUT2D eigenvalue weighted by molar-refractivity contribution is 6.02. The third-order valence-corrected chi connectivity index (χ3v) is 3.90. The molecule has 0 saturated carbocycles. The molecule has 0 amide bonds. The van der Waals surface area contributed by atoms with Crippen molar-refractivity contribution in [1.29, 1.82) is 0 Å². The molecule has 1 unspecified atom stereocenters. The quantitative estimate of drug-likeness (QED) is 0.350. The first-order valence-electron chi connectivity index (χ1n) is 7.76. The number of nitro groups is 1. The van der Waals surface area contributed by atoms with Gasteiger partial charge in [0.25, 0.3) is 5.69 Å². The number of benzene rings is 2. The van der Waals surface area contributed by atoms with Gasteiger partial charge in [-0.15, -0.1) is 0 Å². The maximum Gasteiger partial charge on any atom is 0.346 e. The summed E-state index contributed by atoms with van der Waals surface area (Å²) in [5.74, 6) is -0.998. The molecule has 1 aliphatic heterocycles. The fraction of sp³-hybridized carbons (Fsp3) is 0.222. The van der Waals surface area contributed by atoms with Crippen molar-refractivity contribution < 1.29 is 28.7 Å². The molecule has 1 atom stereocenters. The van der Waals surface area contributed by atoms with Crippen LogP contribution in [0.2, 0.25) is 0 Å². The average Bonchev–Trinajstić information content (AvgIpc) is 3.08. The lowest BCUT2D eigenvalue weighted by Crippen LogP contribution is -2.24. The maximum absolute atomic E-state index is 12.4. The van der Waals surface area contributed by atoms with Gasteiger partial charge in [0.05, 0.1) is 11.0 Å². The number of rotatable bonds is 5. The summed E-state index contributed by atoms with van der Waals surface area (Å²) >= 11 is 0. The van der Waals surface area contributed by atoms with Gasteiger partial charge in [-0.25, -0.2) is 4.79 Å². The highest BCUT2D eigenvalue weighted by Gasteiger charge is 2.30. The van der Waals surface area contributed by atoms with E-state index in [1.807, 2.05) is 6.92 Å². The number of nitrogens with zero attached hydrogens (tertiary/aromatic N) is 1. The third-order valence-electron chi connectivity index (χ3n) is 3.90. The summed E-state index contributed by atoms with van der Waals surface area (Å²) < 4.78 is 15.4. The maximum atomic E-state index is 12.4. The van der Waals surface area contributed by atoms with Crippen LogP contribution in [0, 0.1) is 17.0 Å². The lowest BCUT2D eigenvalue weighted by atomic mass is 10.1. The second-order valence-electron chi connectivity index (χ2n) is 5.76. The summed E-state index contributed by atoms with van der Waals surface area (Å²) in [4.78, 5) is 35.3. The number of fused-ring (bicyclic) bond motifs is 1. The van der Waals surface area contributed by atoms with Gasteiger partial charge in [0, 0.05) is 11.6 Å². The largest absolute Gasteiger partial charge is 0.454 e. The molecule has 26 heavy (non-hydrogen) atoms. The Morgan fingerprint density at radius 2 is 1.77 bits per heavy atom. The number of carbonyl (C=O) groups excluding carboxylic acids is 2. The Morgan fingerprint density at radius 3 is 2.38 bits per heavy atom. The minimum Gasteiger partial charge on any atom is -0.454 e. The first-order chi connectivity index (χ1) is 12.4. The van der Waals surface area contributed by atoms with E-state index in [0.717, 1.165) is 11.6 Å². The molecule has 2 aromatic rings. The normalized spacial score (nSPS) is 13.2. The molecule has 0 radical (unpaired) electrons. The molecule has 0 spiro atoms. The van der Waals surface area contributed by atoms with Crippen molar-refractivity contribution in [2.45, 2.75) is 20.0 Å². The average molecular weight is 357 g/mol. The van der Waals surface area contributed by atoms with Gasteiger partial charge in [-0.05, 0) is 13.8 Å². The fourth-order valence-electron chi connectivity index (χ4n) is 2.48. The number of ketones is 1. The number of aryl methyl sites for hydroxylation is 1. The molecular formula is C18H15NO7. The topological polar surface area (TPSA) is 105 Å². The number of hydrogen-bond acceptors (Lipinski definition) is 7. The van der Waals surface area contributed by atoms with Crippen LogP contribution < -0.4 is 9.47 Å². The highest BCUT2D eigenvalue weighted by Crippen LogP contribution is 2.38. The standard InChI is InChI=1S/C18H15NO7/c1-10-3-5-12(6-4-10)17(20)11(2)26-18(21)13-7-15-16(25-9-24-15)8-14(13)19(22)23/h3-8,11H,9H2,1-2H3. The zero-order valence-corrected chi connectivity index (χ0v) is 14.1. The smallest absolute Gasteiger partial charge is 0.346 e. The first kappa shape index (κ1) is 17.4. The van der Waals surface area contributed by atoms with Crippen LogP contribution in [0.5, 0.6) is 11.5 Å². The predicted octanol–water partition coefficient (Wildman–Crippen LogP) is 3.06. The zero-order chi connectivity index (χ0) is 18.8. The fourth-order valence-corrected chi connectivity index (χ4v) is 2.48. The van der Waals surface area contributed by atoms with E-state index in [1.54, 1.807) is 24.3 Å². The molecule has 0 N–H and O–H groups in total. The summed E-state index contributed by atoms with van der Waals surface area (Å²) in [6.45, 7) is 3.21. The van der Waals surface area contributed by atoms with E-state index >= 15 is 0 Å². The number of nitro benzene ring substituents is 1. The molecule has 134 valence electrons. The van der Waals surface area contributed by atoms with Crippen molar-refractivity contribution in [1.82, 2.24) is 0 Å². The van der Waals surface area contributed by atoms with E-state index < -0.39 is 28.5 Å². The van der Waals surface area contributed by atoms with E-state index in [-0.39, 0.29) is 23.9 Å². The SMILES string of the molecule is Cc1ccc(C(=O)C(C)OC(=O)c2cc3c(cc2[N+](=O)[O-])OCO3)cc1. The number of esters is 1. The Kier molecular flexibility index (Phi) is 4.57. The van der Waals surface area contributed by atoms with Crippen LogP contribution in [0.25, 0.3) is 0 Å². The van der Waals surface area contributed by atoms with E-state index in [2.05, 4.69) is 0 Å². The molecule has 1 heterocycles. The van der Waals surface area contributed by atoms with Gasteiger partial charge >= 0.3 is 5.97 Å². The van der Waals surface area contributed by atoms with Crippen LogP contribution in [0.1, 0.15) is 33.2 Å². The van der Waals surface area contributed by atoms with Crippen LogP contribution in [0.4, 0.5) is 5.69 Å². The molecule has 8 heteroatoms. The monoisotopic (exact) mass is 357 g/mol. The summed E-state index contributed by atoms with van der Waals surface area (Å²) in [6.07, 6.45) is -1.10. The van der Waals surface area contributed by atoms with Crippen molar-refractivity contribution in [3.05, 3.63) is 63.2 Å². The Labute approximate surface area is 148 Å². The number of ether oxygens (including phenoxy) is 3. The minimum atomic E-state index is -1.10. The molecular weight excluding hydrogens is 342 g/mol. The number of hydrogen-bond donors (Lipinski definition) is 0. The summed E-state index contributed by atoms with van der Waals surface area (Å²) in [5, 5.41) is 11.2. The van der Waals surface area contributed by atoms with E-state index in [0.29, 0.717) is 5.56 Å². The van der Waals surface area contributed by atoms with Crippen molar-refractivity contribution in [3.63, 3.8) is 0 Å². The van der Waals surface area contributed by atoms with Crippen LogP contribution in [0.15, 0.2) is 36.4 Å². The van der Waals surface area contributed by atoms with Gasteiger partial charge in [0.1, 0.15) is 5.56 Å². The minimum absolute atomic E-state index is 0.0900. The summed E-state index contributed by atoms with van der Waals surface area (Å²) in [6, 6.07) is 9.09. The molecule has 0 saturated heterocycles. The molecule has 0 bridgehead atoms. The van der Waals surface area contributed by atoms with E-state index in [1.165, 1.54) is 13.0 Å². The van der Waals surface area contributed by atoms with Gasteiger partial charge in [-0.1, -0.05) is 29.8 Å². The molecule has 2 aromatic carbocycles.